The van der Waals surface area contributed by atoms with Crippen LogP contribution in [0, 0.1) is 0 Å². The van der Waals surface area contributed by atoms with E-state index in [9.17, 15) is 0 Å². The van der Waals surface area contributed by atoms with Gasteiger partial charge in [-0.25, -0.2) is 0 Å². The maximum Gasteiger partial charge on any atom is 0.116 e. The highest BCUT2D eigenvalue weighted by Gasteiger charge is 2.02. The second kappa shape index (κ2) is 6.85. The van der Waals surface area contributed by atoms with Crippen molar-refractivity contribution in [1.82, 2.24) is 0 Å². The molecule has 2 nitrogen and oxygen atoms in total. The first-order valence-corrected chi connectivity index (χ1v) is 6.28. The molecule has 0 amide bonds. The number of oxime groups is 1. The molecule has 0 radical (unpaired) electrons. The van der Waals surface area contributed by atoms with Crippen LogP contribution in [0.3, 0.4) is 0 Å². The zero-order valence-corrected chi connectivity index (χ0v) is 10.9. The van der Waals surface area contributed by atoms with E-state index in [4.69, 9.17) is 16.4 Å². The summed E-state index contributed by atoms with van der Waals surface area (Å²) in [5, 5.41) is 5.45. The fourth-order valence-electron chi connectivity index (χ4n) is 1.01. The highest BCUT2D eigenvalue weighted by atomic mass is 79.9. The molecule has 0 unspecified atom stereocenters. The minimum absolute atomic E-state index is 0.643. The third kappa shape index (κ3) is 4.22. The summed E-state index contributed by atoms with van der Waals surface area (Å²) in [5.41, 5.74) is 1.90. The van der Waals surface area contributed by atoms with Crippen molar-refractivity contribution in [2.75, 3.05) is 11.9 Å². The number of hydrogen-bond acceptors (Lipinski definition) is 2. The summed E-state index contributed by atoms with van der Waals surface area (Å²) in [5.74, 6) is 0. The second-order valence-corrected chi connectivity index (χ2v) is 4.01. The Labute approximate surface area is 103 Å². The summed E-state index contributed by atoms with van der Waals surface area (Å²) >= 11 is 9.18. The average molecular weight is 291 g/mol. The van der Waals surface area contributed by atoms with Gasteiger partial charge in [-0.2, -0.15) is 0 Å². The van der Waals surface area contributed by atoms with Crippen molar-refractivity contribution in [2.45, 2.75) is 13.3 Å². The van der Waals surface area contributed by atoms with E-state index in [0.717, 1.165) is 22.7 Å². The van der Waals surface area contributed by atoms with E-state index in [1.807, 2.05) is 31.2 Å². The summed E-state index contributed by atoms with van der Waals surface area (Å²) in [7, 11) is 0. The number of hydrogen-bond donors (Lipinski definition) is 0. The van der Waals surface area contributed by atoms with Crippen LogP contribution in [-0.2, 0) is 4.84 Å². The molecule has 0 saturated carbocycles. The lowest BCUT2D eigenvalue weighted by Crippen LogP contribution is -2.03. The van der Waals surface area contributed by atoms with Crippen molar-refractivity contribution < 1.29 is 4.84 Å². The van der Waals surface area contributed by atoms with Crippen LogP contribution in [0.1, 0.15) is 18.9 Å². The van der Waals surface area contributed by atoms with Gasteiger partial charge in [-0.1, -0.05) is 51.7 Å². The van der Waals surface area contributed by atoms with Crippen molar-refractivity contribution in [3.05, 3.63) is 34.9 Å². The van der Waals surface area contributed by atoms with Crippen LogP contribution in [0.2, 0.25) is 5.02 Å². The minimum atomic E-state index is 0.643. The van der Waals surface area contributed by atoms with Gasteiger partial charge in [-0.05, 0) is 18.6 Å². The van der Waals surface area contributed by atoms with Gasteiger partial charge in [0.2, 0.25) is 0 Å². The third-order valence-corrected chi connectivity index (χ3v) is 2.56. The van der Waals surface area contributed by atoms with Gasteiger partial charge in [0.1, 0.15) is 6.61 Å². The molecule has 0 aliphatic rings. The summed E-state index contributed by atoms with van der Waals surface area (Å²) in [6.45, 7) is 2.69. The van der Waals surface area contributed by atoms with Gasteiger partial charge in [0.05, 0.1) is 5.71 Å². The third-order valence-electron chi connectivity index (χ3n) is 1.77. The molecule has 0 bridgehead atoms. The Morgan fingerprint density at radius 1 is 1.40 bits per heavy atom. The number of nitrogens with zero attached hydrogens (tertiary/aromatic N) is 1. The largest absolute Gasteiger partial charge is 0.396 e. The van der Waals surface area contributed by atoms with Gasteiger partial charge >= 0.3 is 0 Å². The van der Waals surface area contributed by atoms with Crippen molar-refractivity contribution >= 4 is 33.2 Å². The molecule has 1 rings (SSSR count). The van der Waals surface area contributed by atoms with Crippen molar-refractivity contribution in [3.8, 4) is 0 Å². The van der Waals surface area contributed by atoms with Crippen LogP contribution in [-0.4, -0.2) is 17.6 Å². The molecule has 0 fully saturated rings. The van der Waals surface area contributed by atoms with Crippen molar-refractivity contribution in [3.63, 3.8) is 0 Å². The summed E-state index contributed by atoms with van der Waals surface area (Å²) < 4.78 is 0. The van der Waals surface area contributed by atoms with Gasteiger partial charge < -0.3 is 4.84 Å². The number of alkyl halides is 1. The lowest BCUT2D eigenvalue weighted by atomic mass is 10.1. The maximum atomic E-state index is 5.80. The van der Waals surface area contributed by atoms with Crippen LogP contribution in [0.4, 0.5) is 0 Å². The lowest BCUT2D eigenvalue weighted by molar-refractivity contribution is 0.145. The molecule has 0 aromatic heterocycles. The lowest BCUT2D eigenvalue weighted by Gasteiger charge is -2.03. The standard InChI is InChI=1S/C11H13BrClNO/c1-2-7-15-14-11(8-12)9-3-5-10(13)6-4-9/h3-6H,2,7-8H2,1H3. The topological polar surface area (TPSA) is 21.6 Å². The number of rotatable bonds is 5. The molecule has 1 aromatic rings. The Hall–Kier alpha value is -0.540. The Morgan fingerprint density at radius 2 is 2.07 bits per heavy atom. The molecule has 4 heteroatoms. The highest BCUT2D eigenvalue weighted by Crippen LogP contribution is 2.11. The van der Waals surface area contributed by atoms with E-state index >= 15 is 0 Å². The molecule has 15 heavy (non-hydrogen) atoms. The quantitative estimate of drug-likeness (QED) is 0.349. The molecular weight excluding hydrogens is 277 g/mol. The van der Waals surface area contributed by atoms with Crippen LogP contribution >= 0.6 is 27.5 Å². The molecule has 0 heterocycles. The van der Waals surface area contributed by atoms with E-state index in [0.29, 0.717) is 11.9 Å². The highest BCUT2D eigenvalue weighted by molar-refractivity contribution is 9.09. The molecular formula is C11H13BrClNO. The molecule has 1 aromatic carbocycles. The van der Waals surface area contributed by atoms with Crippen LogP contribution in [0.15, 0.2) is 29.4 Å². The van der Waals surface area contributed by atoms with Crippen LogP contribution < -0.4 is 0 Å². The number of halogens is 2. The van der Waals surface area contributed by atoms with E-state index in [1.165, 1.54) is 0 Å². The molecule has 0 aliphatic heterocycles. The van der Waals surface area contributed by atoms with E-state index < -0.39 is 0 Å². The predicted molar refractivity (Wildman–Crippen MR) is 68.0 cm³/mol. The zero-order chi connectivity index (χ0) is 11.1. The van der Waals surface area contributed by atoms with E-state index in [1.54, 1.807) is 0 Å². The monoisotopic (exact) mass is 289 g/mol. The minimum Gasteiger partial charge on any atom is -0.396 e. The van der Waals surface area contributed by atoms with Gasteiger partial charge in [-0.3, -0.25) is 0 Å². The first-order valence-electron chi connectivity index (χ1n) is 4.78. The smallest absolute Gasteiger partial charge is 0.116 e. The van der Waals surface area contributed by atoms with E-state index in [-0.39, 0.29) is 0 Å². The molecule has 0 saturated heterocycles. The average Bonchev–Trinajstić information content (AvgIpc) is 2.26. The molecule has 0 aliphatic carbocycles. The maximum absolute atomic E-state index is 5.80. The molecule has 0 atom stereocenters. The Bertz CT molecular complexity index is 324. The Balaban J connectivity index is 2.73. The van der Waals surface area contributed by atoms with Crippen LogP contribution in [0.25, 0.3) is 0 Å². The second-order valence-electron chi connectivity index (χ2n) is 3.01. The predicted octanol–water partition coefficient (Wildman–Crippen LogP) is 3.87. The molecule has 82 valence electrons. The van der Waals surface area contributed by atoms with Gasteiger partial charge in [0, 0.05) is 15.9 Å². The first-order chi connectivity index (χ1) is 7.27. The van der Waals surface area contributed by atoms with Gasteiger partial charge in [0.15, 0.2) is 0 Å². The van der Waals surface area contributed by atoms with Crippen molar-refractivity contribution in [2.24, 2.45) is 5.16 Å². The normalized spacial score (nSPS) is 11.5. The Kier molecular flexibility index (Phi) is 5.73. The fraction of sp³-hybridized carbons (Fsp3) is 0.364. The molecule has 0 N–H and O–H groups in total. The first kappa shape index (κ1) is 12.5. The van der Waals surface area contributed by atoms with E-state index in [2.05, 4.69) is 21.1 Å². The fourth-order valence-corrected chi connectivity index (χ4v) is 1.56. The summed E-state index contributed by atoms with van der Waals surface area (Å²) in [6, 6.07) is 7.54. The SMILES string of the molecule is CCCON=C(CBr)c1ccc(Cl)cc1. The van der Waals surface area contributed by atoms with Crippen LogP contribution in [0.5, 0.6) is 0 Å². The van der Waals surface area contributed by atoms with Gasteiger partial charge in [0.25, 0.3) is 0 Å². The number of benzene rings is 1. The Morgan fingerprint density at radius 3 is 2.60 bits per heavy atom. The van der Waals surface area contributed by atoms with Gasteiger partial charge in [-0.15, -0.1) is 0 Å². The summed E-state index contributed by atoms with van der Waals surface area (Å²) in [4.78, 5) is 5.15. The van der Waals surface area contributed by atoms with Crippen molar-refractivity contribution in [1.29, 1.82) is 0 Å². The zero-order valence-electron chi connectivity index (χ0n) is 8.54. The molecule has 0 spiro atoms. The summed E-state index contributed by atoms with van der Waals surface area (Å²) in [6.07, 6.45) is 0.958.